The Hall–Kier alpha value is -1.84. The number of carboxylic acid groups (broad SMARTS) is 1. The zero-order valence-corrected chi connectivity index (χ0v) is 26.2. The zero-order chi connectivity index (χ0) is 29.3. The molecule has 0 aliphatic heterocycles. The van der Waals surface area contributed by atoms with Crippen LogP contribution in [0.3, 0.4) is 0 Å². The Labute approximate surface area is 243 Å². The highest BCUT2D eigenvalue weighted by Gasteiger charge is 2.72. The lowest BCUT2D eigenvalue weighted by atomic mass is 9.32. The summed E-state index contributed by atoms with van der Waals surface area (Å²) in [5.74, 6) is 1.30. The zero-order valence-electron chi connectivity index (χ0n) is 26.2. The molecule has 10 atom stereocenters. The van der Waals surface area contributed by atoms with Crippen molar-refractivity contribution < 1.29 is 19.4 Å². The first-order valence-electron chi connectivity index (χ1n) is 16.1. The maximum absolute atomic E-state index is 12.9. The van der Waals surface area contributed by atoms with Crippen molar-refractivity contribution in [1.29, 1.82) is 0 Å². The summed E-state index contributed by atoms with van der Waals surface area (Å²) in [6.07, 6.45) is 17.3. The van der Waals surface area contributed by atoms with E-state index in [0.717, 1.165) is 51.4 Å². The van der Waals surface area contributed by atoms with Crippen molar-refractivity contribution in [1.82, 2.24) is 0 Å². The lowest BCUT2D eigenvalue weighted by Gasteiger charge is -2.72. The molecule has 0 unspecified atom stereocenters. The minimum absolute atomic E-state index is 0.0645. The molecule has 5 aliphatic carbocycles. The van der Waals surface area contributed by atoms with Gasteiger partial charge in [0.05, 0.1) is 5.41 Å². The average molecular weight is 551 g/mol. The minimum atomic E-state index is -0.566. The molecule has 5 saturated carbocycles. The van der Waals surface area contributed by atoms with E-state index in [4.69, 9.17) is 4.74 Å². The van der Waals surface area contributed by atoms with Crippen molar-refractivity contribution in [2.24, 2.45) is 56.7 Å². The van der Waals surface area contributed by atoms with Crippen LogP contribution in [-0.2, 0) is 14.3 Å². The molecule has 0 saturated heterocycles. The summed E-state index contributed by atoms with van der Waals surface area (Å²) in [6, 6.07) is 0. The number of aliphatic carboxylic acids is 1. The van der Waals surface area contributed by atoms with Crippen molar-refractivity contribution >= 4 is 11.9 Å². The minimum Gasteiger partial charge on any atom is -0.481 e. The molecule has 1 N–H and O–H groups in total. The van der Waals surface area contributed by atoms with Gasteiger partial charge in [0.25, 0.3) is 0 Å². The first-order chi connectivity index (χ1) is 18.7. The molecule has 0 aromatic rings. The monoisotopic (exact) mass is 550 g/mol. The fraction of sp³-hybridized carbons (Fsp3) is 0.778. The largest absolute Gasteiger partial charge is 0.481 e. The Morgan fingerprint density at radius 3 is 2.23 bits per heavy atom. The molecule has 0 radical (unpaired) electrons. The Morgan fingerprint density at radius 2 is 1.57 bits per heavy atom. The third-order valence-corrected chi connectivity index (χ3v) is 14.2. The number of hydrogen-bond donors (Lipinski definition) is 1. The van der Waals surface area contributed by atoms with E-state index in [1.54, 1.807) is 12.2 Å². The van der Waals surface area contributed by atoms with Crippen LogP contribution in [0.1, 0.15) is 113 Å². The molecule has 5 rings (SSSR count). The number of carbonyl (C=O) groups excluding carboxylic acids is 1. The molecule has 4 heteroatoms. The van der Waals surface area contributed by atoms with Gasteiger partial charge >= 0.3 is 11.9 Å². The molecule has 0 spiro atoms. The Morgan fingerprint density at radius 1 is 0.850 bits per heavy atom. The fourth-order valence-corrected chi connectivity index (χ4v) is 12.1. The van der Waals surface area contributed by atoms with Crippen LogP contribution in [0.25, 0.3) is 0 Å². The van der Waals surface area contributed by atoms with E-state index < -0.39 is 11.4 Å². The van der Waals surface area contributed by atoms with Crippen LogP contribution in [0.2, 0.25) is 0 Å². The molecule has 4 nitrogen and oxygen atoms in total. The van der Waals surface area contributed by atoms with Gasteiger partial charge in [0.1, 0.15) is 6.10 Å². The molecule has 0 bridgehead atoms. The van der Waals surface area contributed by atoms with E-state index >= 15 is 0 Å². The number of hydrogen-bond acceptors (Lipinski definition) is 3. The highest BCUT2D eigenvalue weighted by molar-refractivity contribution is 5.82. The predicted octanol–water partition coefficient (Wildman–Crippen LogP) is 8.77. The Kier molecular flexibility index (Phi) is 7.32. The quantitative estimate of drug-likeness (QED) is 0.161. The van der Waals surface area contributed by atoms with Crippen LogP contribution in [0.4, 0.5) is 0 Å². The number of allylic oxidation sites excluding steroid dienone is 4. The van der Waals surface area contributed by atoms with E-state index in [9.17, 15) is 14.7 Å². The van der Waals surface area contributed by atoms with Crippen LogP contribution < -0.4 is 0 Å². The van der Waals surface area contributed by atoms with Gasteiger partial charge in [0, 0.05) is 11.5 Å². The van der Waals surface area contributed by atoms with Gasteiger partial charge < -0.3 is 9.84 Å². The number of carboxylic acids is 1. The van der Waals surface area contributed by atoms with E-state index in [1.807, 2.05) is 19.1 Å². The van der Waals surface area contributed by atoms with Crippen LogP contribution >= 0.6 is 0 Å². The summed E-state index contributed by atoms with van der Waals surface area (Å²) >= 11 is 0. The SMILES string of the molecule is C=C(C)[C@@H]1CC[C@]2(C(=O)O)CC[C@]3(C)[C@H](CC[C@@H]4[C@@]5(C)CC[C@H](OC(=O)/C=C/C=C/C)C(C)(C)[C@@H]5CC[C@]43C)[C@@H]12. The first kappa shape index (κ1) is 29.6. The van der Waals surface area contributed by atoms with E-state index in [-0.39, 0.29) is 39.7 Å². The van der Waals surface area contributed by atoms with E-state index in [2.05, 4.69) is 48.1 Å². The van der Waals surface area contributed by atoms with Crippen molar-refractivity contribution in [3.63, 3.8) is 0 Å². The molecule has 40 heavy (non-hydrogen) atoms. The summed E-state index contributed by atoms with van der Waals surface area (Å²) in [4.78, 5) is 25.5. The Balaban J connectivity index is 1.45. The van der Waals surface area contributed by atoms with Gasteiger partial charge in [-0.1, -0.05) is 65.0 Å². The number of fused-ring (bicyclic) bond motifs is 7. The van der Waals surface area contributed by atoms with Crippen molar-refractivity contribution in [2.75, 3.05) is 0 Å². The van der Waals surface area contributed by atoms with Gasteiger partial charge in [-0.3, -0.25) is 4.79 Å². The maximum Gasteiger partial charge on any atom is 0.331 e. The lowest BCUT2D eigenvalue weighted by Crippen LogP contribution is -2.67. The topological polar surface area (TPSA) is 63.6 Å². The van der Waals surface area contributed by atoms with Gasteiger partial charge in [0.2, 0.25) is 0 Å². The van der Waals surface area contributed by atoms with Gasteiger partial charge in [-0.2, -0.15) is 0 Å². The maximum atomic E-state index is 12.9. The first-order valence-corrected chi connectivity index (χ1v) is 16.1. The van der Waals surface area contributed by atoms with Crippen LogP contribution in [0, 0.1) is 56.7 Å². The molecular formula is C36H54O4. The van der Waals surface area contributed by atoms with Crippen LogP contribution in [0.5, 0.6) is 0 Å². The van der Waals surface area contributed by atoms with Gasteiger partial charge in [-0.05, 0) is 124 Å². The van der Waals surface area contributed by atoms with Crippen molar-refractivity contribution in [3.8, 4) is 0 Å². The highest BCUT2D eigenvalue weighted by Crippen LogP contribution is 2.77. The summed E-state index contributed by atoms with van der Waals surface area (Å²) in [5.41, 5.74) is 1.05. The normalized spacial score (nSPS) is 47.7. The second-order valence-corrected chi connectivity index (χ2v) is 15.8. The van der Waals surface area contributed by atoms with Gasteiger partial charge in [0.15, 0.2) is 0 Å². The molecule has 222 valence electrons. The van der Waals surface area contributed by atoms with Crippen molar-refractivity contribution in [3.05, 3.63) is 36.5 Å². The van der Waals surface area contributed by atoms with Crippen molar-refractivity contribution in [2.45, 2.75) is 119 Å². The summed E-state index contributed by atoms with van der Waals surface area (Å²) in [6.45, 7) is 20.8. The predicted molar refractivity (Wildman–Crippen MR) is 160 cm³/mol. The van der Waals surface area contributed by atoms with Crippen LogP contribution in [0.15, 0.2) is 36.5 Å². The standard InChI is InChI=1S/C36H54O4/c1-9-10-11-12-29(37)40-28-17-18-33(6)26(32(28,4)5)16-19-35(8)27(33)14-13-25-30-24(23(2)3)15-20-36(30,31(38)39)22-21-34(25,35)7/h9-12,24-28,30H,2,13-22H2,1,3-8H3,(H,38,39)/b10-9+,12-11+/t24-,25+,26-,27+,28-,30+,33-,34+,35+,36-/m0/s1. The molecule has 0 heterocycles. The molecular weight excluding hydrogens is 496 g/mol. The number of ether oxygens (including phenoxy) is 1. The molecule has 5 aliphatic rings. The number of carbonyl (C=O) groups is 2. The van der Waals surface area contributed by atoms with Crippen LogP contribution in [-0.4, -0.2) is 23.1 Å². The van der Waals surface area contributed by atoms with Gasteiger partial charge in [-0.25, -0.2) is 4.79 Å². The summed E-state index contributed by atoms with van der Waals surface area (Å²) in [5, 5.41) is 10.6. The molecule has 5 fully saturated rings. The van der Waals surface area contributed by atoms with E-state index in [1.165, 1.54) is 18.4 Å². The van der Waals surface area contributed by atoms with Gasteiger partial charge in [-0.15, -0.1) is 0 Å². The Bertz CT molecular complexity index is 1120. The fourth-order valence-electron chi connectivity index (χ4n) is 12.1. The van der Waals surface area contributed by atoms with E-state index in [0.29, 0.717) is 23.7 Å². The third-order valence-electron chi connectivity index (χ3n) is 14.2. The smallest absolute Gasteiger partial charge is 0.331 e. The second-order valence-electron chi connectivity index (χ2n) is 15.8. The molecule has 0 aromatic heterocycles. The lowest BCUT2D eigenvalue weighted by molar-refractivity contribution is -0.250. The summed E-state index contributed by atoms with van der Waals surface area (Å²) < 4.78 is 6.11. The number of esters is 1. The number of rotatable bonds is 5. The average Bonchev–Trinajstić information content (AvgIpc) is 3.28. The third kappa shape index (κ3) is 3.97. The molecule has 0 amide bonds. The highest BCUT2D eigenvalue weighted by atomic mass is 16.5. The summed E-state index contributed by atoms with van der Waals surface area (Å²) in [7, 11) is 0. The second kappa shape index (κ2) is 9.87. The molecule has 0 aromatic carbocycles.